The van der Waals surface area contributed by atoms with E-state index in [1.165, 1.54) is 6.07 Å². The van der Waals surface area contributed by atoms with Gasteiger partial charge in [-0.2, -0.15) is 0 Å². The molecule has 0 amide bonds. The fourth-order valence-electron chi connectivity index (χ4n) is 2.54. The molecule has 1 unspecified atom stereocenters. The van der Waals surface area contributed by atoms with E-state index in [1.807, 2.05) is 30.3 Å². The zero-order chi connectivity index (χ0) is 13.4. The number of benzene rings is 2. The number of hydrogen-bond acceptors (Lipinski definition) is 2. The Morgan fingerprint density at radius 2 is 2.11 bits per heavy atom. The van der Waals surface area contributed by atoms with Crippen LogP contribution in [0.15, 0.2) is 36.4 Å². The van der Waals surface area contributed by atoms with Gasteiger partial charge in [-0.05, 0) is 30.2 Å². The molecule has 1 atom stereocenters. The number of halogens is 2. The highest BCUT2D eigenvalue weighted by atomic mass is 35.5. The fourth-order valence-corrected chi connectivity index (χ4v) is 2.76. The maximum absolute atomic E-state index is 13.8. The Labute approximate surface area is 116 Å². The summed E-state index contributed by atoms with van der Waals surface area (Å²) < 4.78 is 19.2. The van der Waals surface area contributed by atoms with Crippen molar-refractivity contribution < 1.29 is 9.13 Å². The molecular weight excluding hydrogens is 265 g/mol. The van der Waals surface area contributed by atoms with Crippen molar-refractivity contribution in [2.45, 2.75) is 12.5 Å². The number of methoxy groups -OCH3 is 1. The molecule has 0 saturated heterocycles. The zero-order valence-electron chi connectivity index (χ0n) is 10.4. The Bertz CT molecular complexity index is 630. The van der Waals surface area contributed by atoms with Crippen LogP contribution in [0.25, 0.3) is 0 Å². The maximum Gasteiger partial charge on any atom is 0.148 e. The lowest BCUT2D eigenvalue weighted by molar-refractivity contribution is 0.407. The van der Waals surface area contributed by atoms with Crippen molar-refractivity contribution in [3.8, 4) is 5.75 Å². The molecule has 2 nitrogen and oxygen atoms in total. The van der Waals surface area contributed by atoms with Gasteiger partial charge in [0.05, 0.1) is 18.8 Å². The van der Waals surface area contributed by atoms with Gasteiger partial charge >= 0.3 is 0 Å². The summed E-state index contributed by atoms with van der Waals surface area (Å²) in [6, 6.07) is 10.9. The second kappa shape index (κ2) is 4.74. The summed E-state index contributed by atoms with van der Waals surface area (Å²) in [4.78, 5) is 0. The summed E-state index contributed by atoms with van der Waals surface area (Å²) in [6.07, 6.45) is 0.702. The molecule has 0 saturated carbocycles. The van der Waals surface area contributed by atoms with Gasteiger partial charge in [0.15, 0.2) is 0 Å². The van der Waals surface area contributed by atoms with Crippen LogP contribution in [0, 0.1) is 5.82 Å². The number of hydrogen-bond donors (Lipinski definition) is 1. The van der Waals surface area contributed by atoms with E-state index in [4.69, 9.17) is 16.3 Å². The molecule has 3 rings (SSSR count). The second-order valence-corrected chi connectivity index (χ2v) is 5.00. The Balaban J connectivity index is 1.98. The third kappa shape index (κ3) is 2.15. The van der Waals surface area contributed by atoms with Crippen LogP contribution in [0.5, 0.6) is 5.75 Å². The van der Waals surface area contributed by atoms with Gasteiger partial charge in [0.1, 0.15) is 11.6 Å². The normalized spacial score (nSPS) is 16.9. The van der Waals surface area contributed by atoms with Crippen molar-refractivity contribution in [1.82, 2.24) is 0 Å². The molecule has 1 aliphatic rings. The van der Waals surface area contributed by atoms with E-state index in [1.54, 1.807) is 7.11 Å². The Kier molecular flexibility index (Phi) is 3.07. The van der Waals surface area contributed by atoms with E-state index in [0.29, 0.717) is 17.1 Å². The van der Waals surface area contributed by atoms with Crippen molar-refractivity contribution in [3.63, 3.8) is 0 Å². The lowest BCUT2D eigenvalue weighted by Crippen LogP contribution is -2.07. The topological polar surface area (TPSA) is 21.3 Å². The third-order valence-electron chi connectivity index (χ3n) is 3.39. The van der Waals surface area contributed by atoms with Crippen molar-refractivity contribution in [1.29, 1.82) is 0 Å². The minimum atomic E-state index is -0.306. The van der Waals surface area contributed by atoms with Crippen LogP contribution in [0.3, 0.4) is 0 Å². The van der Waals surface area contributed by atoms with Crippen molar-refractivity contribution in [2.75, 3.05) is 12.4 Å². The van der Waals surface area contributed by atoms with Gasteiger partial charge in [-0.15, -0.1) is 0 Å². The molecule has 0 aromatic heterocycles. The monoisotopic (exact) mass is 277 g/mol. The van der Waals surface area contributed by atoms with Crippen molar-refractivity contribution in [3.05, 3.63) is 58.4 Å². The SMILES string of the molecule is COc1ccccc1C1Cc2cc(Cl)cc(F)c2N1. The first-order valence-electron chi connectivity index (χ1n) is 6.06. The summed E-state index contributed by atoms with van der Waals surface area (Å²) in [7, 11) is 1.64. The van der Waals surface area contributed by atoms with Crippen LogP contribution in [0.4, 0.5) is 10.1 Å². The van der Waals surface area contributed by atoms with Gasteiger partial charge in [-0.3, -0.25) is 0 Å². The predicted molar refractivity (Wildman–Crippen MR) is 74.5 cm³/mol. The molecule has 0 bridgehead atoms. The lowest BCUT2D eigenvalue weighted by atomic mass is 10.0. The van der Waals surface area contributed by atoms with Gasteiger partial charge in [-0.1, -0.05) is 29.8 Å². The van der Waals surface area contributed by atoms with Crippen LogP contribution in [0.2, 0.25) is 5.02 Å². The number of rotatable bonds is 2. The molecule has 1 N–H and O–H groups in total. The van der Waals surface area contributed by atoms with Crippen LogP contribution in [-0.2, 0) is 6.42 Å². The third-order valence-corrected chi connectivity index (χ3v) is 3.61. The molecule has 4 heteroatoms. The molecule has 98 valence electrons. The van der Waals surface area contributed by atoms with Crippen LogP contribution in [-0.4, -0.2) is 7.11 Å². The number of para-hydroxylation sites is 1. The highest BCUT2D eigenvalue weighted by Crippen LogP contribution is 2.40. The molecule has 19 heavy (non-hydrogen) atoms. The van der Waals surface area contributed by atoms with E-state index in [0.717, 1.165) is 16.9 Å². The Morgan fingerprint density at radius 3 is 2.89 bits per heavy atom. The summed E-state index contributed by atoms with van der Waals surface area (Å²) in [5.74, 6) is 0.499. The first-order chi connectivity index (χ1) is 9.19. The molecule has 0 aliphatic carbocycles. The molecule has 0 radical (unpaired) electrons. The summed E-state index contributed by atoms with van der Waals surface area (Å²) in [5, 5.41) is 3.64. The highest BCUT2D eigenvalue weighted by Gasteiger charge is 2.27. The van der Waals surface area contributed by atoms with Gasteiger partial charge in [0.2, 0.25) is 0 Å². The van der Waals surface area contributed by atoms with E-state index in [9.17, 15) is 4.39 Å². The first kappa shape index (κ1) is 12.3. The molecule has 0 spiro atoms. The molecular formula is C15H13ClFNO. The quantitative estimate of drug-likeness (QED) is 0.888. The number of nitrogens with one attached hydrogen (secondary N) is 1. The molecule has 2 aromatic rings. The van der Waals surface area contributed by atoms with Crippen molar-refractivity contribution in [2.24, 2.45) is 0 Å². The Morgan fingerprint density at radius 1 is 1.32 bits per heavy atom. The summed E-state index contributed by atoms with van der Waals surface area (Å²) in [6.45, 7) is 0. The average Bonchev–Trinajstić information content (AvgIpc) is 2.82. The first-order valence-corrected chi connectivity index (χ1v) is 6.44. The van der Waals surface area contributed by atoms with Gasteiger partial charge in [0.25, 0.3) is 0 Å². The average molecular weight is 278 g/mol. The van der Waals surface area contributed by atoms with Gasteiger partial charge in [-0.25, -0.2) is 4.39 Å². The number of ether oxygens (including phenoxy) is 1. The molecule has 1 heterocycles. The van der Waals surface area contributed by atoms with E-state index in [-0.39, 0.29) is 11.9 Å². The van der Waals surface area contributed by atoms with Crippen molar-refractivity contribution >= 4 is 17.3 Å². The van der Waals surface area contributed by atoms with Gasteiger partial charge < -0.3 is 10.1 Å². The molecule has 0 fully saturated rings. The van der Waals surface area contributed by atoms with Crippen LogP contribution in [0.1, 0.15) is 17.2 Å². The smallest absolute Gasteiger partial charge is 0.148 e. The molecule has 2 aromatic carbocycles. The lowest BCUT2D eigenvalue weighted by Gasteiger charge is -2.15. The largest absolute Gasteiger partial charge is 0.496 e. The fraction of sp³-hybridized carbons (Fsp3) is 0.200. The van der Waals surface area contributed by atoms with Crippen LogP contribution >= 0.6 is 11.6 Å². The standard InChI is InChI=1S/C15H13ClFNO/c1-19-14-5-3-2-4-11(14)13-7-9-6-10(16)8-12(17)15(9)18-13/h2-6,8,13,18H,7H2,1H3. The van der Waals surface area contributed by atoms with Crippen LogP contribution < -0.4 is 10.1 Å². The summed E-state index contributed by atoms with van der Waals surface area (Å²) >= 11 is 5.89. The maximum atomic E-state index is 13.8. The van der Waals surface area contributed by atoms with E-state index in [2.05, 4.69) is 5.32 Å². The number of fused-ring (bicyclic) bond motifs is 1. The van der Waals surface area contributed by atoms with E-state index >= 15 is 0 Å². The Hall–Kier alpha value is -1.74. The predicted octanol–water partition coefficient (Wildman–Crippen LogP) is 4.20. The zero-order valence-corrected chi connectivity index (χ0v) is 11.2. The summed E-state index contributed by atoms with van der Waals surface area (Å²) in [5.41, 5.74) is 2.47. The van der Waals surface area contributed by atoms with E-state index < -0.39 is 0 Å². The highest BCUT2D eigenvalue weighted by molar-refractivity contribution is 6.30. The minimum absolute atomic E-state index is 0.0131. The second-order valence-electron chi connectivity index (χ2n) is 4.56. The molecule has 1 aliphatic heterocycles. The van der Waals surface area contributed by atoms with Gasteiger partial charge in [0, 0.05) is 10.6 Å². The number of anilines is 1. The minimum Gasteiger partial charge on any atom is -0.496 e.